The second-order valence-electron chi connectivity index (χ2n) is 7.98. The van der Waals surface area contributed by atoms with Crippen LogP contribution < -0.4 is 21.3 Å². The molecule has 2 aromatic rings. The van der Waals surface area contributed by atoms with E-state index in [0.717, 1.165) is 43.7 Å². The maximum Gasteiger partial charge on any atom is 0.170 e. The molecule has 0 bridgehead atoms. The molecule has 0 aliphatic carbocycles. The molecule has 0 radical (unpaired) electrons. The van der Waals surface area contributed by atoms with Gasteiger partial charge in [-0.15, -0.1) is 0 Å². The molecule has 2 atom stereocenters. The molecule has 0 amide bonds. The van der Waals surface area contributed by atoms with Gasteiger partial charge in [-0.1, -0.05) is 52.0 Å². The zero-order valence-corrected chi connectivity index (χ0v) is 20.8. The van der Waals surface area contributed by atoms with Crippen LogP contribution in [-0.4, -0.2) is 23.3 Å². The molecule has 0 heterocycles. The lowest BCUT2D eigenvalue weighted by Crippen LogP contribution is -2.33. The quantitative estimate of drug-likeness (QED) is 0.246. The van der Waals surface area contributed by atoms with E-state index in [9.17, 15) is 0 Å². The lowest BCUT2D eigenvalue weighted by atomic mass is 9.99. The number of thiocarbonyl (C=S) groups is 2. The summed E-state index contributed by atoms with van der Waals surface area (Å²) in [6.07, 6.45) is 3.19. The van der Waals surface area contributed by atoms with Crippen LogP contribution in [0.2, 0.25) is 0 Å². The average molecular weight is 457 g/mol. The lowest BCUT2D eigenvalue weighted by Gasteiger charge is -2.14. The molecule has 0 fully saturated rings. The molecule has 0 saturated heterocycles. The maximum atomic E-state index is 5.39. The monoisotopic (exact) mass is 456 g/mol. The summed E-state index contributed by atoms with van der Waals surface area (Å²) in [5.41, 5.74) is 4.72. The van der Waals surface area contributed by atoms with Crippen molar-refractivity contribution in [3.63, 3.8) is 0 Å². The summed E-state index contributed by atoms with van der Waals surface area (Å²) in [5.74, 6) is 1.16. The molecule has 4 nitrogen and oxygen atoms in total. The second kappa shape index (κ2) is 13.3. The third-order valence-electron chi connectivity index (χ3n) is 5.62. The van der Waals surface area contributed by atoms with Crippen LogP contribution in [-0.2, 0) is 0 Å². The summed E-state index contributed by atoms with van der Waals surface area (Å²) in [4.78, 5) is 0. The van der Waals surface area contributed by atoms with Crippen LogP contribution >= 0.6 is 24.4 Å². The summed E-state index contributed by atoms with van der Waals surface area (Å²) in [5, 5.41) is 14.2. The van der Waals surface area contributed by atoms with E-state index in [1.165, 1.54) is 11.1 Å². The van der Waals surface area contributed by atoms with Crippen LogP contribution in [0.4, 0.5) is 11.4 Å². The highest BCUT2D eigenvalue weighted by molar-refractivity contribution is 7.80. The summed E-state index contributed by atoms with van der Waals surface area (Å²) in [7, 11) is 0. The van der Waals surface area contributed by atoms with E-state index in [4.69, 9.17) is 24.4 Å². The molecule has 0 aliphatic rings. The van der Waals surface area contributed by atoms with Gasteiger partial charge in [-0.2, -0.15) is 0 Å². The van der Waals surface area contributed by atoms with Crippen LogP contribution in [0.5, 0.6) is 0 Å². The van der Waals surface area contributed by atoms with Gasteiger partial charge in [0.05, 0.1) is 0 Å². The molecule has 0 saturated carbocycles. The molecular weight excluding hydrogens is 420 g/mol. The van der Waals surface area contributed by atoms with Crippen LogP contribution in [0, 0.1) is 0 Å². The van der Waals surface area contributed by atoms with Crippen molar-refractivity contribution in [1.29, 1.82) is 0 Å². The molecule has 4 N–H and O–H groups in total. The Bertz CT molecular complexity index is 749. The summed E-state index contributed by atoms with van der Waals surface area (Å²) >= 11 is 10.8. The average Bonchev–Trinajstić information content (AvgIpc) is 2.78. The number of rotatable bonds is 10. The Morgan fingerprint density at radius 3 is 1.35 bits per heavy atom. The first-order valence-corrected chi connectivity index (χ1v) is 12.0. The first-order valence-electron chi connectivity index (χ1n) is 11.2. The standard InChI is InChI=1S/C25H36N4S2/c1-5-18(3)20-8-12-22(13-9-20)28-24(30)26-16-7-17-27-25(31)29-23-14-10-21(11-15-23)19(4)6-2/h8-15,18-19H,5-7,16-17H2,1-4H3,(H2,26,28,30)(H2,27,29,31). The zero-order chi connectivity index (χ0) is 22.6. The van der Waals surface area contributed by atoms with Crippen LogP contribution in [0.3, 0.4) is 0 Å². The molecule has 2 aromatic carbocycles. The van der Waals surface area contributed by atoms with Crippen LogP contribution in [0.15, 0.2) is 48.5 Å². The zero-order valence-electron chi connectivity index (χ0n) is 19.1. The van der Waals surface area contributed by atoms with Crippen molar-refractivity contribution in [2.24, 2.45) is 0 Å². The highest BCUT2D eigenvalue weighted by Crippen LogP contribution is 2.21. The molecule has 0 spiro atoms. The SMILES string of the molecule is CCC(C)c1ccc(NC(=S)NCCCNC(=S)Nc2ccc(C(C)CC)cc2)cc1. The Hall–Kier alpha value is -2.18. The lowest BCUT2D eigenvalue weighted by molar-refractivity contribution is 0.733. The molecule has 31 heavy (non-hydrogen) atoms. The Kier molecular flexibility index (Phi) is 10.7. The highest BCUT2D eigenvalue weighted by Gasteiger charge is 2.04. The normalized spacial score (nSPS) is 12.5. The molecule has 2 rings (SSSR count). The van der Waals surface area contributed by atoms with Crippen molar-refractivity contribution in [2.75, 3.05) is 23.7 Å². The van der Waals surface area contributed by atoms with Gasteiger partial charge < -0.3 is 21.3 Å². The Labute approximate surface area is 198 Å². The van der Waals surface area contributed by atoms with Crippen LogP contribution in [0.25, 0.3) is 0 Å². The first kappa shape index (κ1) is 25.1. The van der Waals surface area contributed by atoms with Gasteiger partial charge in [-0.05, 0) is 90.9 Å². The molecule has 0 aromatic heterocycles. The third kappa shape index (κ3) is 8.83. The minimum atomic E-state index is 0.580. The number of anilines is 2. The number of hydrogen-bond acceptors (Lipinski definition) is 2. The van der Waals surface area contributed by atoms with Gasteiger partial charge in [-0.3, -0.25) is 0 Å². The predicted molar refractivity (Wildman–Crippen MR) is 143 cm³/mol. The van der Waals surface area contributed by atoms with Crippen molar-refractivity contribution in [2.45, 2.75) is 58.8 Å². The van der Waals surface area contributed by atoms with Gasteiger partial charge in [-0.25, -0.2) is 0 Å². The van der Waals surface area contributed by atoms with Crippen LogP contribution in [0.1, 0.15) is 69.9 Å². The second-order valence-corrected chi connectivity index (χ2v) is 8.79. The van der Waals surface area contributed by atoms with Crippen molar-refractivity contribution in [1.82, 2.24) is 10.6 Å². The predicted octanol–water partition coefficient (Wildman–Crippen LogP) is 6.38. The Morgan fingerprint density at radius 2 is 1.03 bits per heavy atom. The maximum absolute atomic E-state index is 5.39. The van der Waals surface area contributed by atoms with Crippen molar-refractivity contribution < 1.29 is 0 Å². The summed E-state index contributed by atoms with van der Waals surface area (Å²) < 4.78 is 0. The van der Waals surface area contributed by atoms with Gasteiger partial charge in [0.1, 0.15) is 0 Å². The molecule has 0 aliphatic heterocycles. The molecular formula is C25H36N4S2. The Balaban J connectivity index is 1.61. The fraction of sp³-hybridized carbons (Fsp3) is 0.440. The molecule has 168 valence electrons. The van der Waals surface area contributed by atoms with E-state index in [2.05, 4.69) is 97.5 Å². The van der Waals surface area contributed by atoms with E-state index in [-0.39, 0.29) is 0 Å². The first-order chi connectivity index (χ1) is 14.9. The largest absolute Gasteiger partial charge is 0.362 e. The van der Waals surface area contributed by atoms with E-state index >= 15 is 0 Å². The van der Waals surface area contributed by atoms with E-state index in [1.807, 2.05) is 0 Å². The minimum Gasteiger partial charge on any atom is -0.362 e. The number of hydrogen-bond donors (Lipinski definition) is 4. The summed E-state index contributed by atoms with van der Waals surface area (Å²) in [6.45, 7) is 10.4. The number of benzene rings is 2. The van der Waals surface area contributed by atoms with Crippen molar-refractivity contribution in [3.05, 3.63) is 59.7 Å². The highest BCUT2D eigenvalue weighted by atomic mass is 32.1. The van der Waals surface area contributed by atoms with Gasteiger partial charge in [0.2, 0.25) is 0 Å². The molecule has 2 unspecified atom stereocenters. The summed E-state index contributed by atoms with van der Waals surface area (Å²) in [6, 6.07) is 17.0. The Morgan fingerprint density at radius 1 is 0.677 bits per heavy atom. The van der Waals surface area contributed by atoms with E-state index in [0.29, 0.717) is 22.1 Å². The fourth-order valence-corrected chi connectivity index (χ4v) is 3.54. The van der Waals surface area contributed by atoms with Crippen molar-refractivity contribution in [3.8, 4) is 0 Å². The van der Waals surface area contributed by atoms with Gasteiger partial charge >= 0.3 is 0 Å². The van der Waals surface area contributed by atoms with Crippen molar-refractivity contribution >= 4 is 46.0 Å². The smallest absolute Gasteiger partial charge is 0.170 e. The van der Waals surface area contributed by atoms with Gasteiger partial charge in [0.15, 0.2) is 10.2 Å². The molecule has 6 heteroatoms. The van der Waals surface area contributed by atoms with Gasteiger partial charge in [0, 0.05) is 24.5 Å². The fourth-order valence-electron chi connectivity index (χ4n) is 3.10. The topological polar surface area (TPSA) is 48.1 Å². The van der Waals surface area contributed by atoms with E-state index in [1.54, 1.807) is 0 Å². The number of nitrogens with one attached hydrogen (secondary N) is 4. The third-order valence-corrected chi connectivity index (χ3v) is 6.12. The van der Waals surface area contributed by atoms with Gasteiger partial charge in [0.25, 0.3) is 0 Å². The minimum absolute atomic E-state index is 0.580. The van der Waals surface area contributed by atoms with E-state index < -0.39 is 0 Å².